The van der Waals surface area contributed by atoms with Gasteiger partial charge < -0.3 is 4.90 Å². The number of anilines is 1. The second-order valence-electron chi connectivity index (χ2n) is 7.85. The van der Waals surface area contributed by atoms with Gasteiger partial charge in [-0.05, 0) is 42.0 Å². The van der Waals surface area contributed by atoms with Gasteiger partial charge in [-0.25, -0.2) is 0 Å². The first-order valence-corrected chi connectivity index (χ1v) is 9.86. The highest BCUT2D eigenvalue weighted by Crippen LogP contribution is 2.33. The number of carbonyl (C=O) groups excluding carboxylic acids is 3. The lowest BCUT2D eigenvalue weighted by atomic mass is 9.95. The average molecular weight is 407 g/mol. The molecule has 154 valence electrons. The van der Waals surface area contributed by atoms with Crippen LogP contribution in [-0.2, 0) is 11.2 Å². The predicted molar refractivity (Wildman–Crippen MR) is 110 cm³/mol. The molecule has 0 saturated heterocycles. The molecule has 2 heterocycles. The van der Waals surface area contributed by atoms with E-state index in [1.165, 1.54) is 23.8 Å². The molecule has 8 heteroatoms. The first-order chi connectivity index (χ1) is 14.3. The van der Waals surface area contributed by atoms with Gasteiger partial charge in [-0.3, -0.25) is 29.4 Å². The highest BCUT2D eigenvalue weighted by atomic mass is 16.6. The summed E-state index contributed by atoms with van der Waals surface area (Å²) in [6.07, 6.45) is 1.65. The molecule has 2 aromatic rings. The van der Waals surface area contributed by atoms with Crippen LogP contribution in [0, 0.1) is 10.1 Å². The lowest BCUT2D eigenvalue weighted by Gasteiger charge is -2.31. The number of fused-ring (bicyclic) bond motifs is 2. The number of hydrogen-bond acceptors (Lipinski definition) is 5. The van der Waals surface area contributed by atoms with Gasteiger partial charge in [0.2, 0.25) is 5.91 Å². The number of benzene rings is 2. The van der Waals surface area contributed by atoms with Crippen molar-refractivity contribution >= 4 is 29.1 Å². The summed E-state index contributed by atoms with van der Waals surface area (Å²) >= 11 is 0. The first-order valence-electron chi connectivity index (χ1n) is 9.86. The van der Waals surface area contributed by atoms with E-state index < -0.39 is 29.0 Å². The molecule has 0 radical (unpaired) electrons. The third kappa shape index (κ3) is 3.14. The average Bonchev–Trinajstić information content (AvgIpc) is 2.97. The third-order valence-corrected chi connectivity index (χ3v) is 5.66. The fraction of sp³-hybridized carbons (Fsp3) is 0.318. The number of nitro benzene ring substituents is 1. The van der Waals surface area contributed by atoms with E-state index in [-0.39, 0.29) is 17.0 Å². The Morgan fingerprint density at radius 3 is 2.63 bits per heavy atom. The van der Waals surface area contributed by atoms with Crippen LogP contribution < -0.4 is 4.90 Å². The zero-order valence-corrected chi connectivity index (χ0v) is 16.8. The maximum Gasteiger partial charge on any atom is 0.282 e. The predicted octanol–water partition coefficient (Wildman–Crippen LogP) is 3.29. The van der Waals surface area contributed by atoms with Crippen LogP contribution in [0.15, 0.2) is 36.4 Å². The Morgan fingerprint density at radius 1 is 1.17 bits per heavy atom. The van der Waals surface area contributed by atoms with Crippen molar-refractivity contribution < 1.29 is 19.3 Å². The van der Waals surface area contributed by atoms with Gasteiger partial charge in [0.25, 0.3) is 17.5 Å². The number of rotatable bonds is 4. The molecule has 4 rings (SSSR count). The van der Waals surface area contributed by atoms with Crippen molar-refractivity contribution in [2.75, 3.05) is 18.0 Å². The summed E-state index contributed by atoms with van der Waals surface area (Å²) in [4.78, 5) is 51.4. The molecule has 3 amide bonds. The van der Waals surface area contributed by atoms with Crippen LogP contribution in [0.3, 0.4) is 0 Å². The molecule has 0 N–H and O–H groups in total. The normalized spacial score (nSPS) is 15.4. The Labute approximate surface area is 173 Å². The number of carbonyl (C=O) groups is 3. The van der Waals surface area contributed by atoms with Gasteiger partial charge in [0.15, 0.2) is 0 Å². The van der Waals surface area contributed by atoms with Crippen LogP contribution in [0.5, 0.6) is 0 Å². The van der Waals surface area contributed by atoms with Crippen LogP contribution >= 0.6 is 0 Å². The quantitative estimate of drug-likeness (QED) is 0.440. The summed E-state index contributed by atoms with van der Waals surface area (Å²) < 4.78 is 0. The summed E-state index contributed by atoms with van der Waals surface area (Å²) in [6.45, 7) is 4.26. The molecule has 2 aliphatic rings. The zero-order valence-electron chi connectivity index (χ0n) is 16.8. The minimum Gasteiger partial charge on any atom is -0.311 e. The van der Waals surface area contributed by atoms with Crippen molar-refractivity contribution in [1.29, 1.82) is 0 Å². The number of hydrogen-bond donors (Lipinski definition) is 0. The molecule has 0 atom stereocenters. The van der Waals surface area contributed by atoms with Crippen molar-refractivity contribution in [3.05, 3.63) is 68.8 Å². The molecule has 0 spiro atoms. The molecule has 2 aliphatic heterocycles. The van der Waals surface area contributed by atoms with E-state index in [2.05, 4.69) is 19.9 Å². The molecule has 8 nitrogen and oxygen atoms in total. The Balaban J connectivity index is 1.60. The number of amides is 3. The highest BCUT2D eigenvalue weighted by Gasteiger charge is 2.42. The van der Waals surface area contributed by atoms with E-state index in [0.29, 0.717) is 12.5 Å². The topological polar surface area (TPSA) is 101 Å². The molecule has 0 saturated carbocycles. The fourth-order valence-electron chi connectivity index (χ4n) is 4.07. The summed E-state index contributed by atoms with van der Waals surface area (Å²) in [7, 11) is 0. The fourth-order valence-corrected chi connectivity index (χ4v) is 4.07. The van der Waals surface area contributed by atoms with Crippen LogP contribution in [-0.4, -0.2) is 40.6 Å². The number of imide groups is 1. The first kappa shape index (κ1) is 19.8. The number of nitro groups is 1. The van der Waals surface area contributed by atoms with Gasteiger partial charge in [-0.15, -0.1) is 0 Å². The minimum absolute atomic E-state index is 0.0392. The lowest BCUT2D eigenvalue weighted by Crippen LogP contribution is -2.44. The maximum atomic E-state index is 13.0. The summed E-state index contributed by atoms with van der Waals surface area (Å²) in [5.41, 5.74) is 2.33. The second-order valence-corrected chi connectivity index (χ2v) is 7.85. The van der Waals surface area contributed by atoms with Gasteiger partial charge in [0, 0.05) is 18.3 Å². The largest absolute Gasteiger partial charge is 0.311 e. The molecular weight excluding hydrogens is 386 g/mol. The Bertz CT molecular complexity index is 1090. The SMILES string of the molecule is CC(C)c1ccc2c(c1)CCCN2C(=O)CN1C(=O)c2cccc([N+](=O)[O-])c2C1=O. The van der Waals surface area contributed by atoms with Crippen LogP contribution in [0.4, 0.5) is 11.4 Å². The Kier molecular flexibility index (Phi) is 4.85. The van der Waals surface area contributed by atoms with Crippen molar-refractivity contribution in [2.45, 2.75) is 32.6 Å². The summed E-state index contributed by atoms with van der Waals surface area (Å²) in [5, 5.41) is 11.3. The van der Waals surface area contributed by atoms with Crippen molar-refractivity contribution in [2.24, 2.45) is 0 Å². The van der Waals surface area contributed by atoms with Crippen molar-refractivity contribution in [3.8, 4) is 0 Å². The van der Waals surface area contributed by atoms with Crippen molar-refractivity contribution in [3.63, 3.8) is 0 Å². The van der Waals surface area contributed by atoms with Gasteiger partial charge in [-0.1, -0.05) is 32.0 Å². The van der Waals surface area contributed by atoms with E-state index >= 15 is 0 Å². The Morgan fingerprint density at radius 2 is 1.93 bits per heavy atom. The van der Waals surface area contributed by atoms with E-state index in [9.17, 15) is 24.5 Å². The third-order valence-electron chi connectivity index (χ3n) is 5.66. The van der Waals surface area contributed by atoms with Crippen LogP contribution in [0.25, 0.3) is 0 Å². The lowest BCUT2D eigenvalue weighted by molar-refractivity contribution is -0.385. The molecule has 0 bridgehead atoms. The molecule has 0 aliphatic carbocycles. The Hall–Kier alpha value is -3.55. The maximum absolute atomic E-state index is 13.0. The smallest absolute Gasteiger partial charge is 0.282 e. The van der Waals surface area contributed by atoms with Crippen LogP contribution in [0.2, 0.25) is 0 Å². The van der Waals surface area contributed by atoms with E-state index in [4.69, 9.17) is 0 Å². The molecule has 2 aromatic carbocycles. The molecular formula is C22H21N3O5. The van der Waals surface area contributed by atoms with Gasteiger partial charge in [0.1, 0.15) is 12.1 Å². The standard InChI is InChI=1S/C22H21N3O5/c1-13(2)14-8-9-17-15(11-14)5-4-10-23(17)19(26)12-24-21(27)16-6-3-7-18(25(29)30)20(16)22(24)28/h3,6-9,11,13H,4-5,10,12H2,1-2H3. The number of aryl methyl sites for hydroxylation is 1. The van der Waals surface area contributed by atoms with E-state index in [1.807, 2.05) is 12.1 Å². The summed E-state index contributed by atoms with van der Waals surface area (Å²) in [5.74, 6) is -1.50. The van der Waals surface area contributed by atoms with Crippen molar-refractivity contribution in [1.82, 2.24) is 4.90 Å². The van der Waals surface area contributed by atoms with Gasteiger partial charge in [-0.2, -0.15) is 0 Å². The highest BCUT2D eigenvalue weighted by molar-refractivity contribution is 6.24. The van der Waals surface area contributed by atoms with Gasteiger partial charge >= 0.3 is 0 Å². The minimum atomic E-state index is -0.803. The number of nitrogens with zero attached hydrogens (tertiary/aromatic N) is 3. The molecule has 0 aromatic heterocycles. The second kappa shape index (κ2) is 7.37. The zero-order chi connectivity index (χ0) is 21.6. The van der Waals surface area contributed by atoms with E-state index in [0.717, 1.165) is 29.0 Å². The molecule has 30 heavy (non-hydrogen) atoms. The molecule has 0 fully saturated rings. The van der Waals surface area contributed by atoms with E-state index in [1.54, 1.807) is 4.90 Å². The van der Waals surface area contributed by atoms with Crippen LogP contribution in [0.1, 0.15) is 58.0 Å². The molecule has 0 unspecified atom stereocenters. The monoisotopic (exact) mass is 407 g/mol. The summed E-state index contributed by atoms with van der Waals surface area (Å²) in [6, 6.07) is 9.92. The van der Waals surface area contributed by atoms with Gasteiger partial charge in [0.05, 0.1) is 10.5 Å².